The van der Waals surface area contributed by atoms with E-state index in [0.717, 1.165) is 49.7 Å². The highest BCUT2D eigenvalue weighted by Gasteiger charge is 2.34. The van der Waals surface area contributed by atoms with Crippen LogP contribution in [0.25, 0.3) is 0 Å². The van der Waals surface area contributed by atoms with E-state index in [-0.39, 0.29) is 29.8 Å². The van der Waals surface area contributed by atoms with Gasteiger partial charge in [-0.25, -0.2) is 0 Å². The Morgan fingerprint density at radius 2 is 1.86 bits per heavy atom. The summed E-state index contributed by atoms with van der Waals surface area (Å²) in [5, 5.41) is 3.20. The first-order chi connectivity index (χ1) is 13.6. The molecule has 1 saturated heterocycles. The van der Waals surface area contributed by atoms with Crippen LogP contribution in [0.1, 0.15) is 62.1 Å². The van der Waals surface area contributed by atoms with Crippen molar-refractivity contribution in [2.24, 2.45) is 0 Å². The van der Waals surface area contributed by atoms with Crippen molar-refractivity contribution in [2.75, 3.05) is 19.0 Å². The molecule has 1 aliphatic heterocycles. The zero-order valence-electron chi connectivity index (χ0n) is 16.7. The largest absolute Gasteiger partial charge is 0.376 e. The van der Waals surface area contributed by atoms with Crippen LogP contribution < -0.4 is 5.32 Å². The van der Waals surface area contributed by atoms with Gasteiger partial charge in [0.25, 0.3) is 0 Å². The number of carbonyl (C=O) groups is 2. The van der Waals surface area contributed by atoms with Crippen molar-refractivity contribution in [3.63, 3.8) is 0 Å². The van der Waals surface area contributed by atoms with E-state index in [4.69, 9.17) is 16.3 Å². The van der Waals surface area contributed by atoms with Gasteiger partial charge < -0.3 is 15.0 Å². The quantitative estimate of drug-likeness (QED) is 0.702. The summed E-state index contributed by atoms with van der Waals surface area (Å²) < 4.78 is 5.74. The summed E-state index contributed by atoms with van der Waals surface area (Å²) in [6.45, 7) is 3.11. The average molecular weight is 407 g/mol. The number of ether oxygens (including phenoxy) is 1. The van der Waals surface area contributed by atoms with Gasteiger partial charge in [-0.15, -0.1) is 11.6 Å². The van der Waals surface area contributed by atoms with Crippen LogP contribution in [0, 0.1) is 6.92 Å². The molecular formula is C22H31ClN2O3. The summed E-state index contributed by atoms with van der Waals surface area (Å²) in [5.41, 5.74) is 1.93. The number of rotatable bonds is 7. The second-order valence-corrected chi connectivity index (χ2v) is 8.24. The first-order valence-corrected chi connectivity index (χ1v) is 11.0. The van der Waals surface area contributed by atoms with E-state index < -0.39 is 6.04 Å². The number of hydrogen-bond donors (Lipinski definition) is 1. The van der Waals surface area contributed by atoms with Crippen LogP contribution in [0.5, 0.6) is 0 Å². The monoisotopic (exact) mass is 406 g/mol. The summed E-state index contributed by atoms with van der Waals surface area (Å²) in [4.78, 5) is 27.7. The molecule has 3 rings (SSSR count). The third-order valence-corrected chi connectivity index (χ3v) is 5.99. The van der Waals surface area contributed by atoms with Crippen molar-refractivity contribution in [1.29, 1.82) is 0 Å². The predicted octanol–water partition coefficient (Wildman–Crippen LogP) is 3.73. The van der Waals surface area contributed by atoms with Crippen LogP contribution in [0.2, 0.25) is 0 Å². The Kier molecular flexibility index (Phi) is 7.74. The van der Waals surface area contributed by atoms with Gasteiger partial charge in [0.05, 0.1) is 6.10 Å². The maximum atomic E-state index is 13.3. The Labute approximate surface area is 172 Å². The van der Waals surface area contributed by atoms with Crippen molar-refractivity contribution in [2.45, 2.75) is 70.1 Å². The van der Waals surface area contributed by atoms with Crippen LogP contribution in [-0.2, 0) is 14.3 Å². The third kappa shape index (κ3) is 5.48. The van der Waals surface area contributed by atoms with Gasteiger partial charge in [-0.05, 0) is 38.2 Å². The molecule has 1 N–H and O–H groups in total. The topological polar surface area (TPSA) is 58.6 Å². The van der Waals surface area contributed by atoms with Gasteiger partial charge in [0.15, 0.2) is 0 Å². The van der Waals surface area contributed by atoms with Gasteiger partial charge in [-0.3, -0.25) is 9.59 Å². The molecule has 0 spiro atoms. The lowest BCUT2D eigenvalue weighted by molar-refractivity contribution is -0.141. The lowest BCUT2D eigenvalue weighted by atomic mass is 9.94. The Morgan fingerprint density at radius 3 is 2.46 bits per heavy atom. The summed E-state index contributed by atoms with van der Waals surface area (Å²) in [6.07, 6.45) is 7.35. The van der Waals surface area contributed by atoms with E-state index in [2.05, 4.69) is 5.32 Å². The van der Waals surface area contributed by atoms with E-state index >= 15 is 0 Å². The fourth-order valence-electron chi connectivity index (χ4n) is 4.18. The second kappa shape index (κ2) is 10.3. The summed E-state index contributed by atoms with van der Waals surface area (Å²) in [7, 11) is 0. The van der Waals surface area contributed by atoms with Crippen molar-refractivity contribution in [1.82, 2.24) is 10.2 Å². The number of nitrogens with zero attached hydrogens (tertiary/aromatic N) is 1. The highest BCUT2D eigenvalue weighted by Crippen LogP contribution is 2.26. The molecule has 0 unspecified atom stereocenters. The van der Waals surface area contributed by atoms with E-state index in [1.807, 2.05) is 31.2 Å². The van der Waals surface area contributed by atoms with Gasteiger partial charge in [0.2, 0.25) is 11.8 Å². The number of halogens is 1. The molecule has 2 amide bonds. The Bertz CT molecular complexity index is 652. The van der Waals surface area contributed by atoms with Gasteiger partial charge in [-0.1, -0.05) is 49.1 Å². The van der Waals surface area contributed by atoms with Crippen LogP contribution >= 0.6 is 11.6 Å². The highest BCUT2D eigenvalue weighted by atomic mass is 35.5. The lowest BCUT2D eigenvalue weighted by Gasteiger charge is -2.34. The minimum atomic E-state index is -0.682. The molecular weight excluding hydrogens is 376 g/mol. The van der Waals surface area contributed by atoms with Gasteiger partial charge in [0, 0.05) is 19.2 Å². The predicted molar refractivity (Wildman–Crippen MR) is 110 cm³/mol. The van der Waals surface area contributed by atoms with E-state index in [9.17, 15) is 9.59 Å². The second-order valence-electron chi connectivity index (χ2n) is 7.97. The van der Waals surface area contributed by atoms with Crippen molar-refractivity contribution >= 4 is 23.4 Å². The average Bonchev–Trinajstić information content (AvgIpc) is 3.22. The molecule has 154 valence electrons. The minimum absolute atomic E-state index is 0.0393. The summed E-state index contributed by atoms with van der Waals surface area (Å²) in [6, 6.07) is 7.33. The molecule has 2 atom stereocenters. The Hall–Kier alpha value is -1.59. The molecule has 5 nitrogen and oxygen atoms in total. The molecule has 1 aliphatic carbocycles. The highest BCUT2D eigenvalue weighted by molar-refractivity contribution is 6.27. The normalized spacial score (nSPS) is 21.3. The van der Waals surface area contributed by atoms with E-state index in [0.29, 0.717) is 13.2 Å². The van der Waals surface area contributed by atoms with Gasteiger partial charge >= 0.3 is 0 Å². The number of nitrogens with one attached hydrogen (secondary N) is 1. The lowest BCUT2D eigenvalue weighted by Crippen LogP contribution is -2.49. The van der Waals surface area contributed by atoms with Crippen molar-refractivity contribution in [3.8, 4) is 0 Å². The molecule has 1 aromatic rings. The molecule has 1 saturated carbocycles. The fraction of sp³-hybridized carbons (Fsp3) is 0.636. The van der Waals surface area contributed by atoms with Crippen molar-refractivity contribution in [3.05, 3.63) is 35.4 Å². The maximum absolute atomic E-state index is 13.3. The molecule has 0 bridgehead atoms. The first-order valence-electron chi connectivity index (χ1n) is 10.4. The zero-order valence-corrected chi connectivity index (χ0v) is 17.4. The third-order valence-electron chi connectivity index (χ3n) is 5.76. The molecule has 6 heteroatoms. The zero-order chi connectivity index (χ0) is 19.9. The number of benzene rings is 1. The maximum Gasteiger partial charge on any atom is 0.247 e. The minimum Gasteiger partial charge on any atom is -0.376 e. The van der Waals surface area contributed by atoms with Crippen LogP contribution in [0.4, 0.5) is 0 Å². The molecule has 2 aliphatic rings. The first kappa shape index (κ1) is 21.1. The van der Waals surface area contributed by atoms with Gasteiger partial charge in [-0.2, -0.15) is 0 Å². The molecule has 28 heavy (non-hydrogen) atoms. The van der Waals surface area contributed by atoms with Crippen LogP contribution in [0.15, 0.2) is 24.3 Å². The molecule has 0 aromatic heterocycles. The number of amides is 2. The standard InChI is InChI=1S/C22H31ClN2O3/c1-16-9-11-17(12-10-16)21(22(27)24-18-6-3-2-4-7-18)25(20(26)14-23)15-19-8-5-13-28-19/h9-12,18-19,21H,2-8,13-15H2,1H3,(H,24,27)/t19-,21-/m1/s1. The number of aryl methyl sites for hydroxylation is 1. The van der Waals surface area contributed by atoms with Crippen molar-refractivity contribution < 1.29 is 14.3 Å². The molecule has 1 heterocycles. The van der Waals surface area contributed by atoms with Gasteiger partial charge in [0.1, 0.15) is 11.9 Å². The van der Waals surface area contributed by atoms with E-state index in [1.165, 1.54) is 6.42 Å². The van der Waals surface area contributed by atoms with Crippen LogP contribution in [-0.4, -0.2) is 47.9 Å². The van der Waals surface area contributed by atoms with Crippen LogP contribution in [0.3, 0.4) is 0 Å². The fourth-order valence-corrected chi connectivity index (χ4v) is 4.34. The molecule has 0 radical (unpaired) electrons. The Balaban J connectivity index is 1.85. The van der Waals surface area contributed by atoms with E-state index in [1.54, 1.807) is 4.90 Å². The Morgan fingerprint density at radius 1 is 1.14 bits per heavy atom. The number of alkyl halides is 1. The molecule has 1 aromatic carbocycles. The SMILES string of the molecule is Cc1ccc([C@H](C(=O)NC2CCCCC2)N(C[C@H]2CCCO2)C(=O)CCl)cc1. The number of hydrogen-bond acceptors (Lipinski definition) is 3. The molecule has 2 fully saturated rings. The summed E-state index contributed by atoms with van der Waals surface area (Å²) >= 11 is 5.92. The summed E-state index contributed by atoms with van der Waals surface area (Å²) in [5.74, 6) is -0.500. The number of carbonyl (C=O) groups excluding carboxylic acids is 2. The smallest absolute Gasteiger partial charge is 0.247 e.